The summed E-state index contributed by atoms with van der Waals surface area (Å²) >= 11 is 1.79. The zero-order chi connectivity index (χ0) is 16.3. The molecule has 1 atom stereocenters. The quantitative estimate of drug-likeness (QED) is 0.779. The molecule has 1 amide bonds. The number of nitrogens with zero attached hydrogens (tertiary/aromatic N) is 3. The Morgan fingerprint density at radius 3 is 3.04 bits per heavy atom. The summed E-state index contributed by atoms with van der Waals surface area (Å²) in [6.07, 6.45) is 11.2. The molecule has 1 aliphatic carbocycles. The molecule has 0 saturated carbocycles. The summed E-state index contributed by atoms with van der Waals surface area (Å²) in [5, 5.41) is 12.3. The van der Waals surface area contributed by atoms with E-state index in [9.17, 15) is 4.79 Å². The van der Waals surface area contributed by atoms with E-state index in [2.05, 4.69) is 33.4 Å². The van der Waals surface area contributed by atoms with Crippen LogP contribution in [0.15, 0.2) is 10.2 Å². The maximum absolute atomic E-state index is 12.1. The summed E-state index contributed by atoms with van der Waals surface area (Å²) in [6, 6.07) is 0. The van der Waals surface area contributed by atoms with Crippen molar-refractivity contribution in [2.24, 2.45) is 10.2 Å². The first-order chi connectivity index (χ1) is 11.1. The van der Waals surface area contributed by atoms with Gasteiger partial charge in [-0.15, -0.1) is 23.7 Å². The summed E-state index contributed by atoms with van der Waals surface area (Å²) in [7, 11) is 0. The largest absolute Gasteiger partial charge is 0.355 e. The monoisotopic (exact) mass is 330 g/mol. The zero-order valence-corrected chi connectivity index (χ0v) is 14.3. The molecule has 2 heterocycles. The Balaban J connectivity index is 1.44. The number of fused-ring (bicyclic) bond motifs is 1. The second-order valence-electron chi connectivity index (χ2n) is 6.32. The summed E-state index contributed by atoms with van der Waals surface area (Å²) in [6.45, 7) is 2.73. The van der Waals surface area contributed by atoms with Crippen LogP contribution in [-0.2, 0) is 11.2 Å². The van der Waals surface area contributed by atoms with Gasteiger partial charge in [0.1, 0.15) is 0 Å². The number of carbonyl (C=O) groups excluding carboxylic acids is 1. The van der Waals surface area contributed by atoms with Crippen molar-refractivity contribution in [2.75, 3.05) is 6.54 Å². The van der Waals surface area contributed by atoms with Gasteiger partial charge in [-0.3, -0.25) is 4.79 Å². The molecule has 0 aromatic carbocycles. The van der Waals surface area contributed by atoms with Crippen molar-refractivity contribution in [1.29, 1.82) is 0 Å². The van der Waals surface area contributed by atoms with Gasteiger partial charge in [0.25, 0.3) is 0 Å². The van der Waals surface area contributed by atoms with Crippen LogP contribution in [0.5, 0.6) is 0 Å². The number of carbonyl (C=O) groups is 1. The minimum atomic E-state index is -0.367. The molecule has 0 spiro atoms. The second-order valence-corrected chi connectivity index (χ2v) is 7.61. The predicted molar refractivity (Wildman–Crippen MR) is 90.4 cm³/mol. The van der Waals surface area contributed by atoms with E-state index in [-0.39, 0.29) is 11.6 Å². The van der Waals surface area contributed by atoms with E-state index in [1.165, 1.54) is 17.0 Å². The zero-order valence-electron chi connectivity index (χ0n) is 13.5. The van der Waals surface area contributed by atoms with E-state index in [1.54, 1.807) is 11.3 Å². The van der Waals surface area contributed by atoms with Gasteiger partial charge in [0.05, 0.1) is 10.7 Å². The third kappa shape index (κ3) is 3.97. The first kappa shape index (κ1) is 16.1. The Labute approximate surface area is 141 Å². The maximum atomic E-state index is 12.1. The normalized spacial score (nSPS) is 20.6. The highest BCUT2D eigenvalue weighted by molar-refractivity contribution is 7.11. The summed E-state index contributed by atoms with van der Waals surface area (Å²) in [4.78, 5) is 18.2. The van der Waals surface area contributed by atoms with Gasteiger partial charge in [0.2, 0.25) is 5.91 Å². The lowest BCUT2D eigenvalue weighted by atomic mass is 9.91. The van der Waals surface area contributed by atoms with Gasteiger partial charge in [-0.05, 0) is 26.2 Å². The molecule has 1 unspecified atom stereocenters. The lowest BCUT2D eigenvalue weighted by molar-refractivity contribution is -0.121. The number of terminal acetylenes is 1. The molecule has 1 N–H and O–H groups in total. The van der Waals surface area contributed by atoms with Gasteiger partial charge in [-0.2, -0.15) is 10.2 Å². The number of aromatic nitrogens is 1. The second kappa shape index (κ2) is 6.79. The topological polar surface area (TPSA) is 66.7 Å². The lowest BCUT2D eigenvalue weighted by Gasteiger charge is -2.21. The van der Waals surface area contributed by atoms with E-state index in [1.807, 2.05) is 0 Å². The Kier molecular flexibility index (Phi) is 4.76. The number of amides is 1. The van der Waals surface area contributed by atoms with Crippen molar-refractivity contribution in [1.82, 2.24) is 10.3 Å². The van der Waals surface area contributed by atoms with Gasteiger partial charge in [0, 0.05) is 43.0 Å². The van der Waals surface area contributed by atoms with Gasteiger partial charge in [0.15, 0.2) is 5.66 Å². The Hall–Kier alpha value is -1.74. The Morgan fingerprint density at radius 1 is 1.48 bits per heavy atom. The molecule has 1 aliphatic heterocycles. The van der Waals surface area contributed by atoms with Crippen LogP contribution in [0.4, 0.5) is 0 Å². The predicted octanol–water partition coefficient (Wildman–Crippen LogP) is 3.34. The molecule has 1 aromatic rings. The van der Waals surface area contributed by atoms with Crippen molar-refractivity contribution < 1.29 is 4.79 Å². The van der Waals surface area contributed by atoms with Crippen molar-refractivity contribution in [2.45, 2.75) is 63.5 Å². The van der Waals surface area contributed by atoms with Crippen molar-refractivity contribution >= 4 is 17.2 Å². The van der Waals surface area contributed by atoms with Crippen LogP contribution >= 0.6 is 11.3 Å². The molecule has 0 radical (unpaired) electrons. The highest BCUT2D eigenvalue weighted by atomic mass is 32.1. The van der Waals surface area contributed by atoms with Crippen molar-refractivity contribution in [3.05, 3.63) is 15.6 Å². The van der Waals surface area contributed by atoms with E-state index >= 15 is 0 Å². The number of rotatable bonds is 7. The number of hydrogen-bond acceptors (Lipinski definition) is 5. The number of hydrogen-bond donors (Lipinski definition) is 1. The van der Waals surface area contributed by atoms with Gasteiger partial charge in [-0.1, -0.05) is 0 Å². The standard InChI is InChI=1S/C17H22N4OS/c1-3-4-9-17(20-21-17)10-8-15(22)18-11-13-6-5-7-14-16(13)19-12(2)23-14/h1,13H,4-11H2,2H3,(H,18,22). The smallest absolute Gasteiger partial charge is 0.220 e. The fraction of sp³-hybridized carbons (Fsp3) is 0.647. The molecule has 0 saturated heterocycles. The minimum absolute atomic E-state index is 0.0708. The maximum Gasteiger partial charge on any atom is 0.220 e. The molecule has 1 aromatic heterocycles. The average molecular weight is 330 g/mol. The van der Waals surface area contributed by atoms with Crippen LogP contribution in [0.2, 0.25) is 0 Å². The molecule has 5 nitrogen and oxygen atoms in total. The van der Waals surface area contributed by atoms with Crippen LogP contribution in [0, 0.1) is 19.3 Å². The highest BCUT2D eigenvalue weighted by Crippen LogP contribution is 2.37. The van der Waals surface area contributed by atoms with Gasteiger partial charge >= 0.3 is 0 Å². The van der Waals surface area contributed by atoms with Crippen LogP contribution in [0.1, 0.15) is 60.0 Å². The molecule has 2 aliphatic rings. The fourth-order valence-corrected chi connectivity index (χ4v) is 4.20. The SMILES string of the molecule is C#CCCC1(CCC(=O)NCC2CCCc3sc(C)nc32)N=N1. The van der Waals surface area contributed by atoms with Crippen molar-refractivity contribution in [3.63, 3.8) is 0 Å². The third-order valence-corrected chi connectivity index (χ3v) is 5.57. The Bertz CT molecular complexity index is 652. The molecule has 0 bridgehead atoms. The molecule has 0 fully saturated rings. The Morgan fingerprint density at radius 2 is 2.30 bits per heavy atom. The average Bonchev–Trinajstić information content (AvgIpc) is 3.21. The summed E-state index contributed by atoms with van der Waals surface area (Å²) < 4.78 is 0. The highest BCUT2D eigenvalue weighted by Gasteiger charge is 2.39. The van der Waals surface area contributed by atoms with Crippen LogP contribution in [-0.4, -0.2) is 23.1 Å². The van der Waals surface area contributed by atoms with Crippen LogP contribution < -0.4 is 5.32 Å². The first-order valence-corrected chi connectivity index (χ1v) is 9.04. The summed E-state index contributed by atoms with van der Waals surface area (Å²) in [5.41, 5.74) is 0.838. The van der Waals surface area contributed by atoms with E-state index in [0.29, 0.717) is 31.7 Å². The van der Waals surface area contributed by atoms with Crippen LogP contribution in [0.3, 0.4) is 0 Å². The fourth-order valence-electron chi connectivity index (χ4n) is 3.14. The van der Waals surface area contributed by atoms with Crippen molar-refractivity contribution in [3.8, 4) is 12.3 Å². The molecule has 3 rings (SSSR count). The van der Waals surface area contributed by atoms with E-state index in [0.717, 1.165) is 24.3 Å². The van der Waals surface area contributed by atoms with Gasteiger partial charge in [-0.25, -0.2) is 4.98 Å². The molecule has 122 valence electrons. The van der Waals surface area contributed by atoms with E-state index < -0.39 is 0 Å². The lowest BCUT2D eigenvalue weighted by Crippen LogP contribution is -2.30. The molecular weight excluding hydrogens is 308 g/mol. The molecule has 6 heteroatoms. The molecule has 23 heavy (non-hydrogen) atoms. The minimum Gasteiger partial charge on any atom is -0.355 e. The van der Waals surface area contributed by atoms with E-state index in [4.69, 9.17) is 6.42 Å². The number of nitrogens with one attached hydrogen (secondary N) is 1. The first-order valence-electron chi connectivity index (χ1n) is 8.22. The third-order valence-electron chi connectivity index (χ3n) is 4.53. The number of aryl methyl sites for hydroxylation is 2. The van der Waals surface area contributed by atoms with Gasteiger partial charge < -0.3 is 5.32 Å². The molecular formula is C17H22N4OS. The van der Waals surface area contributed by atoms with Crippen LogP contribution in [0.25, 0.3) is 0 Å². The number of thiazole rings is 1. The summed E-state index contributed by atoms with van der Waals surface area (Å²) in [5.74, 6) is 3.03.